The van der Waals surface area contributed by atoms with Gasteiger partial charge in [0.1, 0.15) is 17.2 Å². The first kappa shape index (κ1) is 18.9. The molecule has 0 aromatic heterocycles. The number of carbonyl (C=O) groups excluding carboxylic acids is 2. The summed E-state index contributed by atoms with van der Waals surface area (Å²) in [6.07, 6.45) is 3.30. The number of ketones is 1. The molecule has 2 aromatic rings. The number of Topliss-reactive ketones (excluding diaryl/α,β-unsaturated/α-hetero) is 1. The highest BCUT2D eigenvalue weighted by atomic mass is 16.5. The van der Waals surface area contributed by atoms with Crippen LogP contribution in [-0.2, 0) is 4.79 Å². The predicted molar refractivity (Wildman–Crippen MR) is 104 cm³/mol. The standard InChI is InChI=1S/C22H20O7/c1-25-16-11-19(27-3)18(26-2)8-13(16)9-20-21(23)15-7-6-14(10-17(15)29-20)28-22(24)12-4-5-12/h6-12H,4-5H2,1-3H3. The molecule has 0 bridgehead atoms. The first-order valence-electron chi connectivity index (χ1n) is 9.14. The summed E-state index contributed by atoms with van der Waals surface area (Å²) in [5.41, 5.74) is 1.00. The van der Waals surface area contributed by atoms with Gasteiger partial charge in [0.2, 0.25) is 5.78 Å². The summed E-state index contributed by atoms with van der Waals surface area (Å²) >= 11 is 0. The van der Waals surface area contributed by atoms with Gasteiger partial charge < -0.3 is 23.7 Å². The van der Waals surface area contributed by atoms with Crippen molar-refractivity contribution >= 4 is 17.8 Å². The lowest BCUT2D eigenvalue weighted by atomic mass is 10.1. The summed E-state index contributed by atoms with van der Waals surface area (Å²) in [5.74, 6) is 1.82. The molecule has 0 unspecified atom stereocenters. The lowest BCUT2D eigenvalue weighted by Crippen LogP contribution is -2.09. The van der Waals surface area contributed by atoms with Crippen molar-refractivity contribution in [3.05, 3.63) is 47.2 Å². The Morgan fingerprint density at radius 3 is 2.34 bits per heavy atom. The molecule has 0 radical (unpaired) electrons. The van der Waals surface area contributed by atoms with E-state index in [0.717, 1.165) is 12.8 Å². The molecular weight excluding hydrogens is 376 g/mol. The van der Waals surface area contributed by atoms with E-state index in [-0.39, 0.29) is 23.4 Å². The summed E-state index contributed by atoms with van der Waals surface area (Å²) in [4.78, 5) is 24.6. The molecule has 4 rings (SSSR count). The minimum Gasteiger partial charge on any atom is -0.496 e. The summed E-state index contributed by atoms with van der Waals surface area (Å²) in [6, 6.07) is 8.13. The van der Waals surface area contributed by atoms with Crippen LogP contribution in [0.3, 0.4) is 0 Å². The van der Waals surface area contributed by atoms with Gasteiger partial charge in [0.25, 0.3) is 0 Å². The second-order valence-electron chi connectivity index (χ2n) is 6.74. The maximum absolute atomic E-state index is 12.7. The first-order chi connectivity index (χ1) is 14.0. The van der Waals surface area contributed by atoms with E-state index in [1.165, 1.54) is 21.3 Å². The fourth-order valence-corrected chi connectivity index (χ4v) is 3.06. The van der Waals surface area contributed by atoms with Crippen molar-refractivity contribution in [2.45, 2.75) is 12.8 Å². The smallest absolute Gasteiger partial charge is 0.314 e. The van der Waals surface area contributed by atoms with Crippen molar-refractivity contribution in [2.24, 2.45) is 5.92 Å². The minimum atomic E-state index is -0.267. The summed E-state index contributed by atoms with van der Waals surface area (Å²) in [7, 11) is 4.58. The second-order valence-corrected chi connectivity index (χ2v) is 6.74. The third kappa shape index (κ3) is 3.63. The van der Waals surface area contributed by atoms with Gasteiger partial charge in [0, 0.05) is 17.7 Å². The SMILES string of the molecule is COc1cc(OC)c(OC)cc1C=C1Oc2cc(OC(=O)C3CC3)ccc2C1=O. The third-order valence-electron chi connectivity index (χ3n) is 4.79. The van der Waals surface area contributed by atoms with Crippen molar-refractivity contribution in [1.82, 2.24) is 0 Å². The van der Waals surface area contributed by atoms with Gasteiger partial charge in [-0.2, -0.15) is 0 Å². The van der Waals surface area contributed by atoms with E-state index in [1.807, 2.05) is 0 Å². The van der Waals surface area contributed by atoms with Gasteiger partial charge in [0.05, 0.1) is 32.8 Å². The van der Waals surface area contributed by atoms with Crippen LogP contribution in [0.2, 0.25) is 0 Å². The molecule has 1 aliphatic heterocycles. The molecule has 1 fully saturated rings. The zero-order chi connectivity index (χ0) is 20.5. The zero-order valence-electron chi connectivity index (χ0n) is 16.3. The van der Waals surface area contributed by atoms with Crippen molar-refractivity contribution in [3.8, 4) is 28.7 Å². The molecule has 150 valence electrons. The Labute approximate surface area is 167 Å². The molecule has 29 heavy (non-hydrogen) atoms. The van der Waals surface area contributed by atoms with E-state index in [4.69, 9.17) is 23.7 Å². The Kier molecular flexibility index (Phi) is 4.88. The van der Waals surface area contributed by atoms with Gasteiger partial charge in [-0.15, -0.1) is 0 Å². The Morgan fingerprint density at radius 2 is 1.69 bits per heavy atom. The van der Waals surface area contributed by atoms with E-state index in [1.54, 1.807) is 36.4 Å². The van der Waals surface area contributed by atoms with Crippen molar-refractivity contribution in [2.75, 3.05) is 21.3 Å². The number of rotatable bonds is 6. The maximum Gasteiger partial charge on any atom is 0.314 e. The van der Waals surface area contributed by atoms with Gasteiger partial charge in [0.15, 0.2) is 17.3 Å². The van der Waals surface area contributed by atoms with Crippen LogP contribution in [0.4, 0.5) is 0 Å². The lowest BCUT2D eigenvalue weighted by Gasteiger charge is -2.12. The number of fused-ring (bicyclic) bond motifs is 1. The van der Waals surface area contributed by atoms with E-state index in [2.05, 4.69) is 0 Å². The number of benzene rings is 2. The largest absolute Gasteiger partial charge is 0.496 e. The normalized spacial score (nSPS) is 16.2. The fraction of sp³-hybridized carbons (Fsp3) is 0.273. The Morgan fingerprint density at radius 1 is 1.00 bits per heavy atom. The highest BCUT2D eigenvalue weighted by Crippen LogP contribution is 2.39. The number of allylic oxidation sites excluding steroid dienone is 1. The molecule has 2 aromatic carbocycles. The monoisotopic (exact) mass is 396 g/mol. The van der Waals surface area contributed by atoms with Crippen molar-refractivity contribution < 1.29 is 33.3 Å². The number of hydrogen-bond donors (Lipinski definition) is 0. The molecule has 7 nitrogen and oxygen atoms in total. The average molecular weight is 396 g/mol. The summed E-state index contributed by atoms with van der Waals surface area (Å²) in [5, 5.41) is 0. The minimum absolute atomic E-state index is 0.0150. The van der Waals surface area contributed by atoms with Gasteiger partial charge in [-0.3, -0.25) is 9.59 Å². The van der Waals surface area contributed by atoms with Crippen molar-refractivity contribution in [3.63, 3.8) is 0 Å². The number of ether oxygens (including phenoxy) is 5. The van der Waals surface area contributed by atoms with Gasteiger partial charge in [-0.25, -0.2) is 0 Å². The Hall–Kier alpha value is -3.48. The summed E-state index contributed by atoms with van der Waals surface area (Å²) in [6.45, 7) is 0. The first-order valence-corrected chi connectivity index (χ1v) is 9.14. The molecule has 0 N–H and O–H groups in total. The van der Waals surface area contributed by atoms with E-state index < -0.39 is 0 Å². The van der Waals surface area contributed by atoms with Crippen LogP contribution in [-0.4, -0.2) is 33.1 Å². The van der Waals surface area contributed by atoms with Gasteiger partial charge >= 0.3 is 5.97 Å². The van der Waals surface area contributed by atoms with Crippen LogP contribution in [0.5, 0.6) is 28.7 Å². The maximum atomic E-state index is 12.7. The topological polar surface area (TPSA) is 80.3 Å². The van der Waals surface area contributed by atoms with Crippen LogP contribution >= 0.6 is 0 Å². The molecule has 1 heterocycles. The van der Waals surface area contributed by atoms with Gasteiger partial charge in [-0.1, -0.05) is 0 Å². The Balaban J connectivity index is 1.63. The molecular formula is C22H20O7. The lowest BCUT2D eigenvalue weighted by molar-refractivity contribution is -0.135. The number of methoxy groups -OCH3 is 3. The highest BCUT2D eigenvalue weighted by molar-refractivity contribution is 6.14. The molecule has 0 saturated heterocycles. The predicted octanol–water partition coefficient (Wildman–Crippen LogP) is 3.64. The number of hydrogen-bond acceptors (Lipinski definition) is 7. The molecule has 2 aliphatic rings. The number of carbonyl (C=O) groups is 2. The van der Waals surface area contributed by atoms with Crippen LogP contribution in [0, 0.1) is 5.92 Å². The van der Waals surface area contributed by atoms with Crippen LogP contribution < -0.4 is 23.7 Å². The van der Waals surface area contributed by atoms with Crippen LogP contribution in [0.25, 0.3) is 6.08 Å². The van der Waals surface area contributed by atoms with Crippen molar-refractivity contribution in [1.29, 1.82) is 0 Å². The fourth-order valence-electron chi connectivity index (χ4n) is 3.06. The zero-order valence-corrected chi connectivity index (χ0v) is 16.3. The summed E-state index contributed by atoms with van der Waals surface area (Å²) < 4.78 is 27.1. The molecule has 7 heteroatoms. The third-order valence-corrected chi connectivity index (χ3v) is 4.79. The Bertz CT molecular complexity index is 1020. The van der Waals surface area contributed by atoms with Crippen LogP contribution in [0.15, 0.2) is 36.1 Å². The van der Waals surface area contributed by atoms with E-state index >= 15 is 0 Å². The average Bonchev–Trinajstić information content (AvgIpc) is 3.54. The molecule has 0 amide bonds. The highest BCUT2D eigenvalue weighted by Gasteiger charge is 2.33. The van der Waals surface area contributed by atoms with E-state index in [0.29, 0.717) is 39.9 Å². The molecule has 1 aliphatic carbocycles. The quantitative estimate of drug-likeness (QED) is 0.419. The number of esters is 1. The molecule has 0 atom stereocenters. The second kappa shape index (κ2) is 7.50. The molecule has 1 saturated carbocycles. The molecule has 0 spiro atoms. The van der Waals surface area contributed by atoms with Gasteiger partial charge in [-0.05, 0) is 37.1 Å². The van der Waals surface area contributed by atoms with Crippen LogP contribution in [0.1, 0.15) is 28.8 Å². The van der Waals surface area contributed by atoms with E-state index in [9.17, 15) is 9.59 Å².